The second-order valence-electron chi connectivity index (χ2n) is 4.28. The molecule has 2 heterocycles. The Kier molecular flexibility index (Phi) is 3.25. The molecule has 0 radical (unpaired) electrons. The van der Waals surface area contributed by atoms with Crippen molar-refractivity contribution in [2.24, 2.45) is 0 Å². The van der Waals surface area contributed by atoms with Gasteiger partial charge < -0.3 is 5.11 Å². The van der Waals surface area contributed by atoms with Gasteiger partial charge in [0.05, 0.1) is 6.61 Å². The van der Waals surface area contributed by atoms with Crippen molar-refractivity contribution in [1.82, 2.24) is 4.47 Å². The Morgan fingerprint density at radius 2 is 2.10 bits per heavy atom. The van der Waals surface area contributed by atoms with Crippen LogP contribution in [0.2, 0.25) is 0 Å². The van der Waals surface area contributed by atoms with E-state index < -0.39 is 16.0 Å². The number of hydrogen-bond acceptors (Lipinski definition) is 5. The van der Waals surface area contributed by atoms with Gasteiger partial charge in [0.2, 0.25) is 0 Å². The molecule has 6 nitrogen and oxygen atoms in total. The zero-order valence-electron chi connectivity index (χ0n) is 10.3. The van der Waals surface area contributed by atoms with Crippen molar-refractivity contribution < 1.29 is 23.2 Å². The molecule has 106 valence electrons. The minimum absolute atomic E-state index is 0.174. The largest absolute Gasteiger partial charge is 0.477 e. The second kappa shape index (κ2) is 4.81. The Hall–Kier alpha value is -1.48. The van der Waals surface area contributed by atoms with Crippen LogP contribution in [0.4, 0.5) is 0 Å². The highest BCUT2D eigenvalue weighted by molar-refractivity contribution is 7.89. The van der Waals surface area contributed by atoms with Gasteiger partial charge in [-0.3, -0.25) is 4.84 Å². The molecule has 20 heavy (non-hydrogen) atoms. The first-order valence-electron chi connectivity index (χ1n) is 5.92. The van der Waals surface area contributed by atoms with Crippen molar-refractivity contribution in [2.75, 3.05) is 13.2 Å². The molecule has 1 saturated heterocycles. The molecular formula is C12H11NO5S2. The maximum atomic E-state index is 12.6. The molecule has 1 aromatic heterocycles. The first-order chi connectivity index (χ1) is 9.51. The lowest BCUT2D eigenvalue weighted by molar-refractivity contribution is -0.0284. The molecule has 8 heteroatoms. The number of carbonyl (C=O) groups is 1. The molecule has 0 spiro atoms. The van der Waals surface area contributed by atoms with Crippen molar-refractivity contribution >= 4 is 37.4 Å². The number of fused-ring (bicyclic) bond motifs is 1. The number of carboxylic acids is 1. The number of aromatic carboxylic acids is 1. The first kappa shape index (κ1) is 13.5. The average Bonchev–Trinajstić information content (AvgIpc) is 3.06. The highest BCUT2D eigenvalue weighted by atomic mass is 32.2. The van der Waals surface area contributed by atoms with Crippen LogP contribution >= 0.6 is 11.3 Å². The monoisotopic (exact) mass is 313 g/mol. The fraction of sp³-hybridized carbons (Fsp3) is 0.250. The zero-order valence-corrected chi connectivity index (χ0v) is 11.9. The first-order valence-corrected chi connectivity index (χ1v) is 8.18. The summed E-state index contributed by atoms with van der Waals surface area (Å²) in [4.78, 5) is 16.1. The molecule has 3 rings (SSSR count). The summed E-state index contributed by atoms with van der Waals surface area (Å²) >= 11 is 0.957. The fourth-order valence-electron chi connectivity index (χ4n) is 2.13. The molecule has 0 atom stereocenters. The van der Waals surface area contributed by atoms with Crippen molar-refractivity contribution in [3.05, 3.63) is 29.1 Å². The van der Waals surface area contributed by atoms with Gasteiger partial charge in [0.15, 0.2) is 0 Å². The van der Waals surface area contributed by atoms with E-state index in [2.05, 4.69) is 0 Å². The van der Waals surface area contributed by atoms with Crippen molar-refractivity contribution in [2.45, 2.75) is 11.3 Å². The Morgan fingerprint density at radius 3 is 2.75 bits per heavy atom. The van der Waals surface area contributed by atoms with E-state index in [0.29, 0.717) is 23.1 Å². The van der Waals surface area contributed by atoms with Crippen molar-refractivity contribution in [1.29, 1.82) is 0 Å². The number of nitrogens with zero attached hydrogens (tertiary/aromatic N) is 1. The van der Waals surface area contributed by atoms with Crippen LogP contribution in [0.5, 0.6) is 0 Å². The Balaban J connectivity index is 2.28. The molecule has 2 aromatic rings. The van der Waals surface area contributed by atoms with E-state index in [0.717, 1.165) is 15.8 Å². The van der Waals surface area contributed by atoms with E-state index in [-0.39, 0.29) is 16.3 Å². The number of benzene rings is 1. The number of hydroxylamine groups is 1. The smallest absolute Gasteiger partial charge is 0.347 e. The standard InChI is InChI=1S/C12H11NO5S2/c14-12(15)10-11(8-4-1-2-5-9(8)19-10)20(16,17)13-6-3-7-18-13/h1-2,4-5H,3,6-7H2,(H,14,15). The predicted molar refractivity (Wildman–Crippen MR) is 73.2 cm³/mol. The molecular weight excluding hydrogens is 302 g/mol. The quantitative estimate of drug-likeness (QED) is 0.936. The molecule has 1 aromatic carbocycles. The summed E-state index contributed by atoms with van der Waals surface area (Å²) in [5.41, 5.74) is 0. The van der Waals surface area contributed by atoms with E-state index in [1.165, 1.54) is 0 Å². The van der Waals surface area contributed by atoms with Gasteiger partial charge in [-0.25, -0.2) is 13.2 Å². The van der Waals surface area contributed by atoms with E-state index in [4.69, 9.17) is 4.84 Å². The number of hydrogen-bond donors (Lipinski definition) is 1. The zero-order chi connectivity index (χ0) is 14.3. The lowest BCUT2D eigenvalue weighted by atomic mass is 10.2. The summed E-state index contributed by atoms with van der Waals surface area (Å²) < 4.78 is 26.7. The SMILES string of the molecule is O=C(O)c1sc2ccccc2c1S(=O)(=O)N1CCCO1. The molecule has 0 amide bonds. The van der Waals surface area contributed by atoms with E-state index >= 15 is 0 Å². The molecule has 0 bridgehead atoms. The molecule has 1 N–H and O–H groups in total. The third-order valence-corrected chi connectivity index (χ3v) is 6.04. The highest BCUT2D eigenvalue weighted by Crippen LogP contribution is 2.37. The summed E-state index contributed by atoms with van der Waals surface area (Å²) in [6.07, 6.45) is 0.601. The average molecular weight is 313 g/mol. The summed E-state index contributed by atoms with van der Waals surface area (Å²) in [5.74, 6) is -1.25. The van der Waals surface area contributed by atoms with Crippen LogP contribution < -0.4 is 0 Å². The van der Waals surface area contributed by atoms with Crippen LogP contribution in [-0.2, 0) is 14.9 Å². The van der Waals surface area contributed by atoms with Gasteiger partial charge >= 0.3 is 5.97 Å². The van der Waals surface area contributed by atoms with Gasteiger partial charge in [0.1, 0.15) is 9.77 Å². The maximum absolute atomic E-state index is 12.6. The molecule has 1 aliphatic heterocycles. The van der Waals surface area contributed by atoms with Gasteiger partial charge in [-0.15, -0.1) is 11.3 Å². The number of carboxylic acid groups (broad SMARTS) is 1. The van der Waals surface area contributed by atoms with Gasteiger partial charge in [-0.2, -0.15) is 0 Å². The van der Waals surface area contributed by atoms with Gasteiger partial charge in [-0.1, -0.05) is 22.7 Å². The van der Waals surface area contributed by atoms with Gasteiger partial charge in [0, 0.05) is 16.6 Å². The maximum Gasteiger partial charge on any atom is 0.347 e. The summed E-state index contributed by atoms with van der Waals surface area (Å²) in [6.45, 7) is 0.565. The van der Waals surface area contributed by atoms with Crippen LogP contribution in [0.1, 0.15) is 16.1 Å². The second-order valence-corrected chi connectivity index (χ2v) is 7.10. The Labute approximate surface area is 119 Å². The van der Waals surface area contributed by atoms with Gasteiger partial charge in [0.25, 0.3) is 10.0 Å². The van der Waals surface area contributed by atoms with Gasteiger partial charge in [-0.05, 0) is 12.5 Å². The van der Waals surface area contributed by atoms with Crippen LogP contribution in [0.3, 0.4) is 0 Å². The Bertz CT molecular complexity index is 774. The lowest BCUT2D eigenvalue weighted by Gasteiger charge is -2.14. The van der Waals surface area contributed by atoms with Crippen LogP contribution in [0, 0.1) is 0 Å². The third-order valence-electron chi connectivity index (χ3n) is 2.99. The topological polar surface area (TPSA) is 83.9 Å². The highest BCUT2D eigenvalue weighted by Gasteiger charge is 2.35. The summed E-state index contributed by atoms with van der Waals surface area (Å²) in [6, 6.07) is 6.75. The molecule has 1 fully saturated rings. The number of sulfonamides is 1. The van der Waals surface area contributed by atoms with Crippen molar-refractivity contribution in [3.63, 3.8) is 0 Å². The van der Waals surface area contributed by atoms with Crippen molar-refractivity contribution in [3.8, 4) is 0 Å². The third kappa shape index (κ3) is 2.01. The van der Waals surface area contributed by atoms with Crippen LogP contribution in [-0.4, -0.2) is 37.1 Å². The minimum atomic E-state index is -3.96. The normalized spacial score (nSPS) is 16.8. The van der Waals surface area contributed by atoms with Crippen LogP contribution in [0.25, 0.3) is 10.1 Å². The minimum Gasteiger partial charge on any atom is -0.477 e. The molecule has 0 aliphatic carbocycles. The summed E-state index contributed by atoms with van der Waals surface area (Å²) in [7, 11) is -3.96. The van der Waals surface area contributed by atoms with E-state index in [1.54, 1.807) is 24.3 Å². The number of rotatable bonds is 3. The molecule has 0 unspecified atom stereocenters. The lowest BCUT2D eigenvalue weighted by Crippen LogP contribution is -2.27. The summed E-state index contributed by atoms with van der Waals surface area (Å²) in [5, 5.41) is 9.68. The fourth-order valence-corrected chi connectivity index (χ4v) is 5.14. The number of thiophene rings is 1. The van der Waals surface area contributed by atoms with E-state index in [9.17, 15) is 18.3 Å². The molecule has 0 saturated carbocycles. The van der Waals surface area contributed by atoms with Crippen LogP contribution in [0.15, 0.2) is 29.2 Å². The predicted octanol–water partition coefficient (Wildman–Crippen LogP) is 1.93. The van der Waals surface area contributed by atoms with E-state index in [1.807, 2.05) is 0 Å². The Morgan fingerprint density at radius 1 is 1.35 bits per heavy atom. The molecule has 1 aliphatic rings.